The normalized spacial score (nSPS) is 18.1. The van der Waals surface area contributed by atoms with Gasteiger partial charge in [0.2, 0.25) is 0 Å². The molecule has 1 aliphatic heterocycles. The summed E-state index contributed by atoms with van der Waals surface area (Å²) in [4.78, 5) is 0. The Morgan fingerprint density at radius 2 is 2.10 bits per heavy atom. The van der Waals surface area contributed by atoms with Crippen LogP contribution in [-0.4, -0.2) is 19.7 Å². The van der Waals surface area contributed by atoms with E-state index < -0.39 is 0 Å². The van der Waals surface area contributed by atoms with Gasteiger partial charge in [0.1, 0.15) is 11.6 Å². The van der Waals surface area contributed by atoms with Crippen molar-refractivity contribution in [2.24, 2.45) is 0 Å². The lowest BCUT2D eigenvalue weighted by Gasteiger charge is -2.23. The van der Waals surface area contributed by atoms with Gasteiger partial charge in [0, 0.05) is 17.5 Å². The molecule has 0 spiro atoms. The summed E-state index contributed by atoms with van der Waals surface area (Å²) >= 11 is 0. The molecule has 2 aromatic rings. The third-order valence-corrected chi connectivity index (χ3v) is 4.34. The van der Waals surface area contributed by atoms with Crippen LogP contribution in [0.3, 0.4) is 0 Å². The lowest BCUT2D eigenvalue weighted by atomic mass is 9.88. The van der Waals surface area contributed by atoms with Crippen LogP contribution < -0.4 is 10.1 Å². The number of hydrogen-bond donors (Lipinski definition) is 1. The molecule has 2 nitrogen and oxygen atoms in total. The number of nitrogens with one attached hydrogen (secondary N) is 1. The standard InChI is InChI=1S/C18H20FNO/c1-12-9-14(19)8-7-13(12)10-17(20-2)16-11-21-18-6-4-3-5-15(16)18/h3-9,16-17,20H,10-11H2,1-2H3. The summed E-state index contributed by atoms with van der Waals surface area (Å²) in [6.45, 7) is 2.66. The van der Waals surface area contributed by atoms with Crippen molar-refractivity contribution in [3.05, 3.63) is 65.0 Å². The summed E-state index contributed by atoms with van der Waals surface area (Å²) < 4.78 is 19.0. The molecule has 1 N–H and O–H groups in total. The Bertz CT molecular complexity index is 641. The maximum absolute atomic E-state index is 13.2. The Morgan fingerprint density at radius 1 is 1.29 bits per heavy atom. The van der Waals surface area contributed by atoms with Crippen molar-refractivity contribution < 1.29 is 9.13 Å². The van der Waals surface area contributed by atoms with Crippen molar-refractivity contribution in [3.8, 4) is 5.75 Å². The van der Waals surface area contributed by atoms with E-state index >= 15 is 0 Å². The molecule has 0 radical (unpaired) electrons. The van der Waals surface area contributed by atoms with Gasteiger partial charge in [-0.2, -0.15) is 0 Å². The van der Waals surface area contributed by atoms with Gasteiger partial charge in [0.25, 0.3) is 0 Å². The van der Waals surface area contributed by atoms with Crippen molar-refractivity contribution in [3.63, 3.8) is 0 Å². The minimum absolute atomic E-state index is 0.174. The lowest BCUT2D eigenvalue weighted by molar-refractivity contribution is 0.302. The van der Waals surface area contributed by atoms with Gasteiger partial charge in [-0.3, -0.25) is 0 Å². The zero-order chi connectivity index (χ0) is 14.8. The number of fused-ring (bicyclic) bond motifs is 1. The highest BCUT2D eigenvalue weighted by atomic mass is 19.1. The zero-order valence-electron chi connectivity index (χ0n) is 12.4. The van der Waals surface area contributed by atoms with E-state index in [2.05, 4.69) is 17.4 Å². The van der Waals surface area contributed by atoms with Crippen LogP contribution in [0.2, 0.25) is 0 Å². The van der Waals surface area contributed by atoms with Crippen molar-refractivity contribution >= 4 is 0 Å². The number of para-hydroxylation sites is 1. The summed E-state index contributed by atoms with van der Waals surface area (Å²) in [5.41, 5.74) is 3.44. The summed E-state index contributed by atoms with van der Waals surface area (Å²) in [5.74, 6) is 1.14. The predicted molar refractivity (Wildman–Crippen MR) is 82.4 cm³/mol. The summed E-state index contributed by atoms with van der Waals surface area (Å²) in [6.07, 6.45) is 0.866. The highest BCUT2D eigenvalue weighted by Crippen LogP contribution is 2.36. The maximum Gasteiger partial charge on any atom is 0.123 e. The Labute approximate surface area is 125 Å². The topological polar surface area (TPSA) is 21.3 Å². The van der Waals surface area contributed by atoms with Crippen LogP contribution >= 0.6 is 0 Å². The number of rotatable bonds is 4. The molecule has 2 aromatic carbocycles. The van der Waals surface area contributed by atoms with Crippen molar-refractivity contribution in [2.75, 3.05) is 13.7 Å². The fourth-order valence-corrected chi connectivity index (χ4v) is 3.09. The van der Waals surface area contributed by atoms with Gasteiger partial charge < -0.3 is 10.1 Å². The highest BCUT2D eigenvalue weighted by molar-refractivity contribution is 5.41. The van der Waals surface area contributed by atoms with E-state index in [4.69, 9.17) is 4.74 Å². The molecule has 1 heterocycles. The summed E-state index contributed by atoms with van der Waals surface area (Å²) in [6, 6.07) is 13.5. The minimum atomic E-state index is -0.174. The molecule has 0 fully saturated rings. The first-order valence-electron chi connectivity index (χ1n) is 7.33. The lowest BCUT2D eigenvalue weighted by Crippen LogP contribution is -2.35. The molecule has 0 saturated carbocycles. The van der Waals surface area contributed by atoms with Gasteiger partial charge in [-0.25, -0.2) is 4.39 Å². The Kier molecular flexibility index (Phi) is 3.93. The van der Waals surface area contributed by atoms with Gasteiger partial charge in [-0.15, -0.1) is 0 Å². The van der Waals surface area contributed by atoms with Crippen LogP contribution in [0, 0.1) is 12.7 Å². The van der Waals surface area contributed by atoms with E-state index in [0.717, 1.165) is 17.7 Å². The third kappa shape index (κ3) is 2.79. The van der Waals surface area contributed by atoms with E-state index in [1.165, 1.54) is 17.2 Å². The molecular formula is C18H20FNO. The van der Waals surface area contributed by atoms with E-state index in [1.807, 2.05) is 32.2 Å². The van der Waals surface area contributed by atoms with E-state index in [1.54, 1.807) is 6.07 Å². The molecule has 0 bridgehead atoms. The fraction of sp³-hybridized carbons (Fsp3) is 0.333. The fourth-order valence-electron chi connectivity index (χ4n) is 3.09. The van der Waals surface area contributed by atoms with Gasteiger partial charge in [-0.05, 0) is 49.7 Å². The third-order valence-electron chi connectivity index (χ3n) is 4.34. The predicted octanol–water partition coefficient (Wildman–Crippen LogP) is 3.44. The first kappa shape index (κ1) is 14.1. The molecule has 21 heavy (non-hydrogen) atoms. The number of ether oxygens (including phenoxy) is 1. The zero-order valence-corrected chi connectivity index (χ0v) is 12.4. The summed E-state index contributed by atoms with van der Waals surface area (Å²) in [5, 5.41) is 3.40. The minimum Gasteiger partial charge on any atom is -0.493 e. The average molecular weight is 285 g/mol. The van der Waals surface area contributed by atoms with Gasteiger partial charge in [-0.1, -0.05) is 24.3 Å². The molecule has 0 aromatic heterocycles. The number of likely N-dealkylation sites (N-methyl/N-ethyl adjacent to an activating group) is 1. The Balaban J connectivity index is 1.83. The van der Waals surface area contributed by atoms with E-state index in [0.29, 0.717) is 12.5 Å². The molecule has 3 rings (SSSR count). The first-order chi connectivity index (χ1) is 10.2. The largest absolute Gasteiger partial charge is 0.493 e. The molecule has 2 atom stereocenters. The van der Waals surface area contributed by atoms with Crippen LogP contribution in [0.4, 0.5) is 4.39 Å². The van der Waals surface area contributed by atoms with Crippen LogP contribution in [-0.2, 0) is 6.42 Å². The molecule has 1 aliphatic rings. The molecule has 0 aliphatic carbocycles. The second-order valence-electron chi connectivity index (χ2n) is 5.63. The van der Waals surface area contributed by atoms with Crippen molar-refractivity contribution in [2.45, 2.75) is 25.3 Å². The monoisotopic (exact) mass is 285 g/mol. The second kappa shape index (κ2) is 5.86. The molecule has 0 saturated heterocycles. The molecular weight excluding hydrogens is 265 g/mol. The maximum atomic E-state index is 13.2. The number of halogens is 1. The van der Waals surface area contributed by atoms with Crippen molar-refractivity contribution in [1.29, 1.82) is 0 Å². The van der Waals surface area contributed by atoms with Gasteiger partial charge in [0.05, 0.1) is 6.61 Å². The van der Waals surface area contributed by atoms with Crippen molar-refractivity contribution in [1.82, 2.24) is 5.32 Å². The number of benzene rings is 2. The Morgan fingerprint density at radius 3 is 2.86 bits per heavy atom. The molecule has 0 amide bonds. The number of aryl methyl sites for hydroxylation is 1. The Hall–Kier alpha value is -1.87. The highest BCUT2D eigenvalue weighted by Gasteiger charge is 2.30. The van der Waals surface area contributed by atoms with Crippen LogP contribution in [0.5, 0.6) is 5.75 Å². The van der Waals surface area contributed by atoms with Crippen LogP contribution in [0.15, 0.2) is 42.5 Å². The van der Waals surface area contributed by atoms with Crippen LogP contribution in [0.25, 0.3) is 0 Å². The van der Waals surface area contributed by atoms with Gasteiger partial charge in [0.15, 0.2) is 0 Å². The summed E-state index contributed by atoms with van der Waals surface area (Å²) in [7, 11) is 1.98. The smallest absolute Gasteiger partial charge is 0.123 e. The molecule has 3 heteroatoms. The second-order valence-corrected chi connectivity index (χ2v) is 5.63. The quantitative estimate of drug-likeness (QED) is 0.929. The van der Waals surface area contributed by atoms with E-state index in [9.17, 15) is 4.39 Å². The number of hydrogen-bond acceptors (Lipinski definition) is 2. The average Bonchev–Trinajstić information content (AvgIpc) is 2.91. The molecule has 2 unspecified atom stereocenters. The van der Waals surface area contributed by atoms with Gasteiger partial charge >= 0.3 is 0 Å². The molecule has 110 valence electrons. The first-order valence-corrected chi connectivity index (χ1v) is 7.33. The SMILES string of the molecule is CNC(Cc1ccc(F)cc1C)C1COc2ccccc21. The van der Waals surface area contributed by atoms with E-state index in [-0.39, 0.29) is 11.9 Å². The van der Waals surface area contributed by atoms with Crippen LogP contribution in [0.1, 0.15) is 22.6 Å².